The van der Waals surface area contributed by atoms with Gasteiger partial charge in [-0.15, -0.1) is 0 Å². The number of nitrogens with one attached hydrogen (secondary N) is 2. The number of hydrogen-bond donors (Lipinski definition) is 2. The van der Waals surface area contributed by atoms with E-state index >= 15 is 0 Å². The third kappa shape index (κ3) is 3.90. The molecule has 2 N–H and O–H groups in total. The predicted octanol–water partition coefficient (Wildman–Crippen LogP) is 4.91. The molecule has 1 aliphatic heterocycles. The Morgan fingerprint density at radius 1 is 1.07 bits per heavy atom. The first kappa shape index (κ1) is 18.3. The normalized spacial score (nSPS) is 18.5. The van der Waals surface area contributed by atoms with E-state index in [1.54, 1.807) is 0 Å². The summed E-state index contributed by atoms with van der Waals surface area (Å²) >= 11 is 1.90. The van der Waals surface area contributed by atoms with E-state index in [-0.39, 0.29) is 6.03 Å². The minimum atomic E-state index is -0.0178. The third-order valence-corrected chi connectivity index (χ3v) is 6.64. The van der Waals surface area contributed by atoms with E-state index < -0.39 is 0 Å². The average molecular weight is 405 g/mol. The third-order valence-electron chi connectivity index (χ3n) is 5.69. The standard InChI is InChI=1S/C23H24N4OS/c28-23(27-11-13-29-14-12-27)24-18-7-9-20-17(15-18)6-10-22(25-20)26-21-8-5-16-3-1-2-4-19(16)21/h1-4,6-7,9-10,15,21H,5,8,11-14H2,(H,24,28)(H,25,26)/t21-/m1/s1. The lowest BCUT2D eigenvalue weighted by Crippen LogP contribution is -2.40. The van der Waals surface area contributed by atoms with Crippen molar-refractivity contribution in [2.75, 3.05) is 35.2 Å². The van der Waals surface area contributed by atoms with E-state index in [1.165, 1.54) is 11.1 Å². The number of nitrogens with zero attached hydrogens (tertiary/aromatic N) is 2. The Morgan fingerprint density at radius 2 is 1.93 bits per heavy atom. The van der Waals surface area contributed by atoms with Gasteiger partial charge in [0.2, 0.25) is 0 Å². The molecule has 1 atom stereocenters. The van der Waals surface area contributed by atoms with E-state index in [9.17, 15) is 4.79 Å². The number of thioether (sulfide) groups is 1. The molecule has 1 aromatic heterocycles. The molecule has 2 aliphatic rings. The Bertz CT molecular complexity index is 1050. The lowest BCUT2D eigenvalue weighted by Gasteiger charge is -2.26. The zero-order valence-corrected chi connectivity index (χ0v) is 17.0. The molecule has 0 bridgehead atoms. The largest absolute Gasteiger partial charge is 0.363 e. The van der Waals surface area contributed by atoms with Crippen LogP contribution in [0.4, 0.5) is 16.3 Å². The van der Waals surface area contributed by atoms with Crippen molar-refractivity contribution in [1.29, 1.82) is 0 Å². The molecule has 0 radical (unpaired) electrons. The van der Waals surface area contributed by atoms with Gasteiger partial charge >= 0.3 is 6.03 Å². The van der Waals surface area contributed by atoms with Crippen LogP contribution in [-0.2, 0) is 6.42 Å². The van der Waals surface area contributed by atoms with Crippen LogP contribution < -0.4 is 10.6 Å². The molecule has 29 heavy (non-hydrogen) atoms. The van der Waals surface area contributed by atoms with Gasteiger partial charge in [0.05, 0.1) is 11.6 Å². The van der Waals surface area contributed by atoms with Gasteiger partial charge < -0.3 is 15.5 Å². The number of benzene rings is 2. The number of urea groups is 1. The molecule has 2 heterocycles. The van der Waals surface area contributed by atoms with Crippen molar-refractivity contribution in [3.05, 3.63) is 65.7 Å². The highest BCUT2D eigenvalue weighted by atomic mass is 32.2. The minimum absolute atomic E-state index is 0.0178. The second-order valence-electron chi connectivity index (χ2n) is 7.57. The van der Waals surface area contributed by atoms with Crippen molar-refractivity contribution in [2.24, 2.45) is 0 Å². The van der Waals surface area contributed by atoms with Crippen LogP contribution in [0.2, 0.25) is 0 Å². The Kier molecular flexibility index (Phi) is 5.02. The van der Waals surface area contributed by atoms with Gasteiger partial charge in [0.15, 0.2) is 0 Å². The molecule has 3 aromatic rings. The maximum Gasteiger partial charge on any atom is 0.321 e. The van der Waals surface area contributed by atoms with Gasteiger partial charge in [-0.1, -0.05) is 24.3 Å². The monoisotopic (exact) mass is 404 g/mol. The molecule has 5 rings (SSSR count). The van der Waals surface area contributed by atoms with E-state index in [0.717, 1.165) is 59.8 Å². The molecular formula is C23H24N4OS. The number of amides is 2. The zero-order chi connectivity index (χ0) is 19.6. The molecule has 2 amide bonds. The highest BCUT2D eigenvalue weighted by Gasteiger charge is 2.22. The number of rotatable bonds is 3. The van der Waals surface area contributed by atoms with Crippen LogP contribution in [0.5, 0.6) is 0 Å². The molecule has 2 aromatic carbocycles. The second kappa shape index (κ2) is 7.95. The van der Waals surface area contributed by atoms with Crippen LogP contribution in [0.15, 0.2) is 54.6 Å². The summed E-state index contributed by atoms with van der Waals surface area (Å²) in [5.41, 5.74) is 4.55. The van der Waals surface area contributed by atoms with Gasteiger partial charge in [0.1, 0.15) is 5.82 Å². The molecule has 1 fully saturated rings. The maximum atomic E-state index is 12.4. The van der Waals surface area contributed by atoms with Crippen LogP contribution in [0.1, 0.15) is 23.6 Å². The number of fused-ring (bicyclic) bond motifs is 2. The van der Waals surface area contributed by atoms with Crippen LogP contribution >= 0.6 is 11.8 Å². The van der Waals surface area contributed by atoms with Crippen LogP contribution in [0, 0.1) is 0 Å². The first-order valence-electron chi connectivity index (χ1n) is 10.1. The highest BCUT2D eigenvalue weighted by molar-refractivity contribution is 7.99. The molecule has 1 saturated heterocycles. The highest BCUT2D eigenvalue weighted by Crippen LogP contribution is 2.33. The Morgan fingerprint density at radius 3 is 2.83 bits per heavy atom. The van der Waals surface area contributed by atoms with E-state index in [2.05, 4.69) is 41.0 Å². The number of aromatic nitrogens is 1. The fourth-order valence-electron chi connectivity index (χ4n) is 4.14. The fraction of sp³-hybridized carbons (Fsp3) is 0.304. The summed E-state index contributed by atoms with van der Waals surface area (Å²) in [4.78, 5) is 19.1. The summed E-state index contributed by atoms with van der Waals surface area (Å²) in [6, 6.07) is 18.9. The molecule has 0 saturated carbocycles. The molecule has 0 spiro atoms. The minimum Gasteiger partial charge on any atom is -0.363 e. The van der Waals surface area contributed by atoms with Gasteiger partial charge in [-0.25, -0.2) is 9.78 Å². The van der Waals surface area contributed by atoms with Gasteiger partial charge in [0.25, 0.3) is 0 Å². The molecule has 1 aliphatic carbocycles. The van der Waals surface area contributed by atoms with Gasteiger partial charge in [0, 0.05) is 35.7 Å². The first-order valence-corrected chi connectivity index (χ1v) is 11.3. The Hall–Kier alpha value is -2.73. The fourth-order valence-corrected chi connectivity index (χ4v) is 5.04. The van der Waals surface area contributed by atoms with E-state index in [1.807, 2.05) is 40.9 Å². The summed E-state index contributed by atoms with van der Waals surface area (Å²) in [6.07, 6.45) is 2.21. The number of anilines is 2. The molecule has 0 unspecified atom stereocenters. The summed E-state index contributed by atoms with van der Waals surface area (Å²) in [7, 11) is 0. The van der Waals surface area contributed by atoms with Crippen molar-refractivity contribution in [3.8, 4) is 0 Å². The lowest BCUT2D eigenvalue weighted by molar-refractivity contribution is 0.217. The van der Waals surface area contributed by atoms with Crippen LogP contribution in [-0.4, -0.2) is 40.5 Å². The number of hydrogen-bond acceptors (Lipinski definition) is 4. The van der Waals surface area contributed by atoms with Crippen molar-refractivity contribution in [1.82, 2.24) is 9.88 Å². The molecule has 148 valence electrons. The molecular weight excluding hydrogens is 380 g/mol. The Labute approximate surface area is 174 Å². The van der Waals surface area contributed by atoms with Gasteiger partial charge in [-0.3, -0.25) is 0 Å². The number of pyridine rings is 1. The van der Waals surface area contributed by atoms with Crippen molar-refractivity contribution in [2.45, 2.75) is 18.9 Å². The molecule has 5 nitrogen and oxygen atoms in total. The summed E-state index contributed by atoms with van der Waals surface area (Å²) in [5, 5.41) is 7.63. The average Bonchev–Trinajstić information content (AvgIpc) is 3.17. The summed E-state index contributed by atoms with van der Waals surface area (Å²) < 4.78 is 0. The summed E-state index contributed by atoms with van der Waals surface area (Å²) in [5.74, 6) is 2.91. The SMILES string of the molecule is O=C(Nc1ccc2nc(N[C@@H]3CCc4ccccc43)ccc2c1)N1CCSCC1. The van der Waals surface area contributed by atoms with Gasteiger partial charge in [-0.05, 0) is 54.3 Å². The number of carbonyl (C=O) groups excluding carboxylic acids is 1. The lowest BCUT2D eigenvalue weighted by atomic mass is 10.1. The van der Waals surface area contributed by atoms with Gasteiger partial charge in [-0.2, -0.15) is 11.8 Å². The van der Waals surface area contributed by atoms with Crippen LogP contribution in [0.25, 0.3) is 10.9 Å². The second-order valence-corrected chi connectivity index (χ2v) is 8.79. The zero-order valence-electron chi connectivity index (χ0n) is 16.2. The van der Waals surface area contributed by atoms with Crippen molar-refractivity contribution in [3.63, 3.8) is 0 Å². The maximum absolute atomic E-state index is 12.4. The smallest absolute Gasteiger partial charge is 0.321 e. The first-order chi connectivity index (χ1) is 14.3. The Balaban J connectivity index is 1.30. The van der Waals surface area contributed by atoms with Crippen molar-refractivity contribution >= 4 is 40.2 Å². The van der Waals surface area contributed by atoms with E-state index in [0.29, 0.717) is 6.04 Å². The number of carbonyl (C=O) groups is 1. The number of aryl methyl sites for hydroxylation is 1. The summed E-state index contributed by atoms with van der Waals surface area (Å²) in [6.45, 7) is 1.62. The van der Waals surface area contributed by atoms with Crippen LogP contribution in [0.3, 0.4) is 0 Å². The van der Waals surface area contributed by atoms with Crippen molar-refractivity contribution < 1.29 is 4.79 Å². The van der Waals surface area contributed by atoms with E-state index in [4.69, 9.17) is 4.98 Å². The molecule has 6 heteroatoms. The predicted molar refractivity (Wildman–Crippen MR) is 121 cm³/mol. The quantitative estimate of drug-likeness (QED) is 0.651. The topological polar surface area (TPSA) is 57.3 Å².